The molecule has 2 heterocycles. The maximum Gasteiger partial charge on any atom is 0.294 e. The first kappa shape index (κ1) is 19.3. The number of H-pyrrole nitrogens is 1. The van der Waals surface area contributed by atoms with E-state index < -0.39 is 5.54 Å². The minimum atomic E-state index is -0.761. The normalized spacial score (nSPS) is 13.5. The molecule has 29 heavy (non-hydrogen) atoms. The fourth-order valence-corrected chi connectivity index (χ4v) is 3.56. The van der Waals surface area contributed by atoms with Gasteiger partial charge in [-0.1, -0.05) is 35.9 Å². The van der Waals surface area contributed by atoms with E-state index in [1.807, 2.05) is 50.2 Å². The van der Waals surface area contributed by atoms with Crippen LogP contribution in [0.25, 0.3) is 11.0 Å². The van der Waals surface area contributed by atoms with Crippen molar-refractivity contribution in [1.82, 2.24) is 14.5 Å². The second-order valence-corrected chi connectivity index (χ2v) is 7.73. The average molecular weight is 412 g/mol. The number of aliphatic hydroxyl groups excluding tert-OH is 1. The highest BCUT2D eigenvalue weighted by molar-refractivity contribution is 6.30. The molecular formula is C21H22ClN5O2. The molecule has 0 bridgehead atoms. The van der Waals surface area contributed by atoms with Crippen molar-refractivity contribution in [3.05, 3.63) is 76.3 Å². The van der Waals surface area contributed by atoms with Gasteiger partial charge in [0.05, 0.1) is 35.4 Å². The van der Waals surface area contributed by atoms with Gasteiger partial charge in [0.1, 0.15) is 6.26 Å². The summed E-state index contributed by atoms with van der Waals surface area (Å²) in [4.78, 5) is 7.99. The molecule has 0 spiro atoms. The lowest BCUT2D eigenvalue weighted by Crippen LogP contribution is -2.36. The van der Waals surface area contributed by atoms with Crippen LogP contribution in [0.1, 0.15) is 23.7 Å². The lowest BCUT2D eigenvalue weighted by molar-refractivity contribution is 0.223. The van der Waals surface area contributed by atoms with Crippen molar-refractivity contribution in [2.45, 2.75) is 25.9 Å². The molecule has 0 fully saturated rings. The van der Waals surface area contributed by atoms with E-state index in [2.05, 4.69) is 10.3 Å². The summed E-state index contributed by atoms with van der Waals surface area (Å²) in [5, 5.41) is 21.9. The highest BCUT2D eigenvalue weighted by Gasteiger charge is 2.27. The molecule has 8 heteroatoms. The van der Waals surface area contributed by atoms with E-state index in [1.165, 1.54) is 0 Å². The van der Waals surface area contributed by atoms with E-state index in [0.717, 1.165) is 27.9 Å². The molecule has 2 aromatic heterocycles. The Hall–Kier alpha value is -3.03. The molecule has 1 atom stereocenters. The van der Waals surface area contributed by atoms with Crippen LogP contribution in [0, 0.1) is 12.3 Å². The number of aryl methyl sites for hydroxylation is 1. The van der Waals surface area contributed by atoms with Gasteiger partial charge in [-0.25, -0.2) is 4.98 Å². The molecule has 4 N–H and O–H groups in total. The number of aromatic amines is 1. The smallest absolute Gasteiger partial charge is 0.294 e. The largest absolute Gasteiger partial charge is 0.432 e. The molecule has 0 saturated heterocycles. The zero-order valence-corrected chi connectivity index (χ0v) is 16.9. The van der Waals surface area contributed by atoms with E-state index in [9.17, 15) is 5.11 Å². The number of rotatable bonds is 6. The maximum atomic E-state index is 10.1. The monoisotopic (exact) mass is 411 g/mol. The third kappa shape index (κ3) is 3.66. The van der Waals surface area contributed by atoms with Gasteiger partial charge in [-0.05, 0) is 43.2 Å². The Labute approximate surface area is 172 Å². The summed E-state index contributed by atoms with van der Waals surface area (Å²) in [6, 6.07) is 13.3. The predicted octanol–water partition coefficient (Wildman–Crippen LogP) is 3.77. The van der Waals surface area contributed by atoms with Crippen molar-refractivity contribution < 1.29 is 9.52 Å². The molecule has 7 nitrogen and oxygen atoms in total. The molecule has 4 aromatic rings. The Kier molecular flexibility index (Phi) is 4.94. The summed E-state index contributed by atoms with van der Waals surface area (Å²) in [5.41, 5.74) is 3.69. The number of anilines is 1. The van der Waals surface area contributed by atoms with Crippen molar-refractivity contribution in [3.63, 3.8) is 0 Å². The molecule has 0 amide bonds. The summed E-state index contributed by atoms with van der Waals surface area (Å²) >= 11 is 6.13. The molecule has 0 aliphatic rings. The second-order valence-electron chi connectivity index (χ2n) is 7.29. The lowest BCUT2D eigenvalue weighted by Gasteiger charge is -2.29. The number of halogens is 1. The second kappa shape index (κ2) is 7.42. The Bertz CT molecular complexity index is 1230. The maximum absolute atomic E-state index is 10.1. The number of hydrogen-bond donors (Lipinski definition) is 4. The highest BCUT2D eigenvalue weighted by atomic mass is 35.5. The number of aromatic nitrogens is 3. The van der Waals surface area contributed by atoms with Gasteiger partial charge in [-0.2, -0.15) is 0 Å². The summed E-state index contributed by atoms with van der Waals surface area (Å²) in [5.74, 6) is 0.545. The van der Waals surface area contributed by atoms with Gasteiger partial charge >= 0.3 is 0 Å². The predicted molar refractivity (Wildman–Crippen MR) is 112 cm³/mol. The number of para-hydroxylation sites is 1. The number of oxazole rings is 1. The molecule has 0 radical (unpaired) electrons. The molecular weight excluding hydrogens is 390 g/mol. The fourth-order valence-electron chi connectivity index (χ4n) is 3.37. The molecule has 0 aliphatic carbocycles. The van der Waals surface area contributed by atoms with Gasteiger partial charge in [0, 0.05) is 5.02 Å². The minimum absolute atomic E-state index is 0.0993. The minimum Gasteiger partial charge on any atom is -0.432 e. The van der Waals surface area contributed by atoms with Crippen LogP contribution in [0.2, 0.25) is 5.02 Å². The zero-order chi connectivity index (χ0) is 20.6. The van der Waals surface area contributed by atoms with E-state index in [0.29, 0.717) is 17.5 Å². The Morgan fingerprint density at radius 3 is 2.79 bits per heavy atom. The van der Waals surface area contributed by atoms with Crippen molar-refractivity contribution in [2.75, 3.05) is 11.9 Å². The molecule has 0 aliphatic heterocycles. The standard InChI is InChI=1S/C21H22ClN5O2/c1-13-11-29-19(23)27(13)10-14-5-3-8-17-18(14)25-20(24-17)26-21(2,12-28)15-6-4-7-16(22)9-15/h3-9,11,23,28H,10,12H2,1-2H3,(H2,24,25,26). The Morgan fingerprint density at radius 1 is 1.31 bits per heavy atom. The Morgan fingerprint density at radius 2 is 2.10 bits per heavy atom. The van der Waals surface area contributed by atoms with E-state index in [1.54, 1.807) is 16.9 Å². The van der Waals surface area contributed by atoms with Gasteiger partial charge < -0.3 is 19.8 Å². The van der Waals surface area contributed by atoms with E-state index >= 15 is 0 Å². The number of aliphatic hydroxyl groups is 1. The van der Waals surface area contributed by atoms with Crippen LogP contribution in [-0.4, -0.2) is 26.2 Å². The van der Waals surface area contributed by atoms with E-state index in [-0.39, 0.29) is 12.3 Å². The fraction of sp³-hybridized carbons (Fsp3) is 0.238. The van der Waals surface area contributed by atoms with Gasteiger partial charge in [0.2, 0.25) is 5.95 Å². The first-order valence-electron chi connectivity index (χ1n) is 9.22. The van der Waals surface area contributed by atoms with Gasteiger partial charge in [-0.3, -0.25) is 9.98 Å². The van der Waals surface area contributed by atoms with E-state index in [4.69, 9.17) is 26.4 Å². The summed E-state index contributed by atoms with van der Waals surface area (Å²) in [7, 11) is 0. The summed E-state index contributed by atoms with van der Waals surface area (Å²) in [6.45, 7) is 4.14. The zero-order valence-electron chi connectivity index (χ0n) is 16.2. The number of benzene rings is 2. The van der Waals surface area contributed by atoms with Gasteiger partial charge in [0.15, 0.2) is 0 Å². The van der Waals surface area contributed by atoms with Crippen molar-refractivity contribution in [2.24, 2.45) is 0 Å². The number of nitrogens with one attached hydrogen (secondary N) is 3. The van der Waals surface area contributed by atoms with Gasteiger partial charge in [0.25, 0.3) is 5.68 Å². The van der Waals surface area contributed by atoms with Crippen LogP contribution in [0.3, 0.4) is 0 Å². The van der Waals surface area contributed by atoms with Gasteiger partial charge in [-0.15, -0.1) is 0 Å². The average Bonchev–Trinajstić information content (AvgIpc) is 3.26. The van der Waals surface area contributed by atoms with Crippen LogP contribution >= 0.6 is 11.6 Å². The van der Waals surface area contributed by atoms with Crippen LogP contribution in [0.5, 0.6) is 0 Å². The molecule has 150 valence electrons. The Balaban J connectivity index is 1.70. The first-order chi connectivity index (χ1) is 13.9. The number of hydrogen-bond acceptors (Lipinski definition) is 5. The molecule has 1 unspecified atom stereocenters. The topological polar surface area (TPSA) is 103 Å². The summed E-state index contributed by atoms with van der Waals surface area (Å²) in [6.07, 6.45) is 1.57. The molecule has 2 aromatic carbocycles. The lowest BCUT2D eigenvalue weighted by atomic mass is 9.93. The van der Waals surface area contributed by atoms with Crippen LogP contribution in [0.15, 0.2) is 53.1 Å². The van der Waals surface area contributed by atoms with Crippen molar-refractivity contribution >= 4 is 28.6 Å². The van der Waals surface area contributed by atoms with Crippen LogP contribution in [-0.2, 0) is 12.1 Å². The summed E-state index contributed by atoms with van der Waals surface area (Å²) < 4.78 is 6.95. The third-order valence-corrected chi connectivity index (χ3v) is 5.34. The van der Waals surface area contributed by atoms with Crippen LogP contribution < -0.4 is 11.0 Å². The van der Waals surface area contributed by atoms with Crippen LogP contribution in [0.4, 0.5) is 5.95 Å². The SMILES string of the molecule is Cc1coc(=N)n1Cc1cccc2[nH]c(NC(C)(CO)c3cccc(Cl)c3)nc12. The number of imidazole rings is 1. The van der Waals surface area contributed by atoms with Crippen molar-refractivity contribution in [3.8, 4) is 0 Å². The molecule has 4 rings (SSSR count). The highest BCUT2D eigenvalue weighted by Crippen LogP contribution is 2.28. The quantitative estimate of drug-likeness (QED) is 0.387. The first-order valence-corrected chi connectivity index (χ1v) is 9.59. The molecule has 0 saturated carbocycles. The third-order valence-electron chi connectivity index (χ3n) is 5.11. The number of nitrogens with zero attached hydrogens (tertiary/aromatic N) is 2. The van der Waals surface area contributed by atoms with Crippen molar-refractivity contribution in [1.29, 1.82) is 5.41 Å². The number of fused-ring (bicyclic) bond motifs is 1.